The Morgan fingerprint density at radius 3 is 2.67 bits per heavy atom. The second-order valence-corrected chi connectivity index (χ2v) is 6.37. The molecule has 0 radical (unpaired) electrons. The molecular formula is C20H19FN6. The molecule has 7 heteroatoms. The van der Waals surface area contributed by atoms with E-state index in [1.54, 1.807) is 21.8 Å². The van der Waals surface area contributed by atoms with Gasteiger partial charge in [-0.05, 0) is 31.5 Å². The van der Waals surface area contributed by atoms with Gasteiger partial charge >= 0.3 is 0 Å². The number of rotatable bonds is 6. The highest BCUT2D eigenvalue weighted by Crippen LogP contribution is 2.20. The summed E-state index contributed by atoms with van der Waals surface area (Å²) in [4.78, 5) is 8.67. The molecule has 2 aromatic heterocycles. The van der Waals surface area contributed by atoms with Crippen LogP contribution in [-0.2, 0) is 13.0 Å². The summed E-state index contributed by atoms with van der Waals surface area (Å²) < 4.78 is 17.2. The van der Waals surface area contributed by atoms with Gasteiger partial charge in [-0.1, -0.05) is 35.9 Å². The van der Waals surface area contributed by atoms with Gasteiger partial charge in [0.05, 0.1) is 5.69 Å². The van der Waals surface area contributed by atoms with Crippen LogP contribution in [0.1, 0.15) is 17.8 Å². The van der Waals surface area contributed by atoms with Crippen molar-refractivity contribution in [1.82, 2.24) is 29.5 Å². The van der Waals surface area contributed by atoms with Crippen molar-refractivity contribution in [3.63, 3.8) is 0 Å². The third-order valence-corrected chi connectivity index (χ3v) is 4.29. The molecule has 0 saturated heterocycles. The normalized spacial score (nSPS) is 11.0. The molecule has 0 unspecified atom stereocenters. The van der Waals surface area contributed by atoms with Crippen LogP contribution in [-0.4, -0.2) is 29.5 Å². The van der Waals surface area contributed by atoms with Gasteiger partial charge in [-0.2, -0.15) is 5.10 Å². The monoisotopic (exact) mass is 362 g/mol. The average molecular weight is 362 g/mol. The Bertz CT molecular complexity index is 1020. The van der Waals surface area contributed by atoms with Gasteiger partial charge in [-0.3, -0.25) is 4.68 Å². The van der Waals surface area contributed by atoms with Crippen molar-refractivity contribution in [2.24, 2.45) is 0 Å². The fourth-order valence-electron chi connectivity index (χ4n) is 2.89. The second-order valence-electron chi connectivity index (χ2n) is 6.37. The molecule has 0 bridgehead atoms. The summed E-state index contributed by atoms with van der Waals surface area (Å²) in [5, 5.41) is 8.76. The lowest BCUT2D eigenvalue weighted by Gasteiger charge is -2.06. The topological polar surface area (TPSA) is 61.4 Å². The number of hydrogen-bond acceptors (Lipinski definition) is 4. The first-order valence-electron chi connectivity index (χ1n) is 8.80. The molecule has 4 aromatic rings. The molecule has 2 heterocycles. The van der Waals surface area contributed by atoms with Crippen molar-refractivity contribution >= 4 is 0 Å². The molecule has 0 aliphatic heterocycles. The zero-order valence-electron chi connectivity index (χ0n) is 15.0. The van der Waals surface area contributed by atoms with Crippen LogP contribution in [0.25, 0.3) is 17.1 Å². The predicted molar refractivity (Wildman–Crippen MR) is 99.8 cm³/mol. The van der Waals surface area contributed by atoms with E-state index in [2.05, 4.69) is 15.2 Å². The van der Waals surface area contributed by atoms with Crippen LogP contribution in [0.3, 0.4) is 0 Å². The average Bonchev–Trinajstić information content (AvgIpc) is 3.32. The van der Waals surface area contributed by atoms with Gasteiger partial charge in [0.15, 0.2) is 5.82 Å². The van der Waals surface area contributed by atoms with Gasteiger partial charge in [0, 0.05) is 18.5 Å². The molecule has 0 atom stereocenters. The van der Waals surface area contributed by atoms with Crippen molar-refractivity contribution in [1.29, 1.82) is 0 Å². The third-order valence-electron chi connectivity index (χ3n) is 4.29. The Balaban J connectivity index is 1.65. The van der Waals surface area contributed by atoms with Crippen molar-refractivity contribution < 1.29 is 4.39 Å². The molecule has 27 heavy (non-hydrogen) atoms. The number of halogens is 1. The SMILES string of the molecule is Cc1ccc(-c2nc(CCCn3cncn3)n(-c3cccc(F)c3)n2)cc1. The van der Waals surface area contributed by atoms with E-state index < -0.39 is 0 Å². The number of aromatic nitrogens is 6. The lowest BCUT2D eigenvalue weighted by molar-refractivity contribution is 0.564. The van der Waals surface area contributed by atoms with E-state index in [1.165, 1.54) is 24.0 Å². The van der Waals surface area contributed by atoms with E-state index in [4.69, 9.17) is 4.98 Å². The minimum Gasteiger partial charge on any atom is -0.253 e. The first-order valence-corrected chi connectivity index (χ1v) is 8.80. The Morgan fingerprint density at radius 1 is 1.07 bits per heavy atom. The standard InChI is InChI=1S/C20H19FN6/c1-15-7-9-16(10-8-15)20-24-19(6-3-11-26-14-22-13-23-26)27(25-20)18-5-2-4-17(21)12-18/h2,4-5,7-10,12-14H,3,6,11H2,1H3. The minimum absolute atomic E-state index is 0.298. The third kappa shape index (κ3) is 3.92. The quantitative estimate of drug-likeness (QED) is 0.526. The van der Waals surface area contributed by atoms with Crippen molar-refractivity contribution in [3.8, 4) is 17.1 Å². The smallest absolute Gasteiger partial charge is 0.181 e. The van der Waals surface area contributed by atoms with Crippen molar-refractivity contribution in [3.05, 3.63) is 78.4 Å². The van der Waals surface area contributed by atoms with E-state index >= 15 is 0 Å². The Kier molecular flexibility index (Phi) is 4.74. The maximum Gasteiger partial charge on any atom is 0.181 e. The summed E-state index contributed by atoms with van der Waals surface area (Å²) in [6.45, 7) is 2.77. The van der Waals surface area contributed by atoms with Crippen molar-refractivity contribution in [2.45, 2.75) is 26.3 Å². The Labute approximate surface area is 156 Å². The maximum atomic E-state index is 13.7. The summed E-state index contributed by atoms with van der Waals surface area (Å²) in [6, 6.07) is 14.5. The molecule has 6 nitrogen and oxygen atoms in total. The van der Waals surface area contributed by atoms with Crippen molar-refractivity contribution in [2.75, 3.05) is 0 Å². The van der Waals surface area contributed by atoms with Crippen LogP contribution in [0.4, 0.5) is 4.39 Å². The van der Waals surface area contributed by atoms with Gasteiger partial charge in [0.1, 0.15) is 24.3 Å². The number of benzene rings is 2. The van der Waals surface area contributed by atoms with Gasteiger partial charge < -0.3 is 0 Å². The zero-order valence-corrected chi connectivity index (χ0v) is 15.0. The highest BCUT2D eigenvalue weighted by molar-refractivity contribution is 5.55. The van der Waals surface area contributed by atoms with E-state index in [0.717, 1.165) is 24.4 Å². The van der Waals surface area contributed by atoms with Crippen LogP contribution in [0, 0.1) is 12.7 Å². The molecule has 0 aliphatic rings. The summed E-state index contributed by atoms with van der Waals surface area (Å²) in [5.74, 6) is 1.12. The fraction of sp³-hybridized carbons (Fsp3) is 0.200. The van der Waals surface area contributed by atoms with Crippen LogP contribution >= 0.6 is 0 Å². The Hall–Kier alpha value is -3.35. The first kappa shape index (κ1) is 17.1. The molecule has 0 amide bonds. The highest BCUT2D eigenvalue weighted by Gasteiger charge is 2.13. The summed E-state index contributed by atoms with van der Waals surface area (Å²) in [6.07, 6.45) is 4.72. The molecule has 136 valence electrons. The van der Waals surface area contributed by atoms with Gasteiger partial charge in [-0.25, -0.2) is 19.0 Å². The summed E-state index contributed by atoms with van der Waals surface area (Å²) in [7, 11) is 0. The van der Waals surface area contributed by atoms with E-state index in [1.807, 2.05) is 37.3 Å². The van der Waals surface area contributed by atoms with Crippen LogP contribution < -0.4 is 0 Å². The molecule has 0 N–H and O–H groups in total. The summed E-state index contributed by atoms with van der Waals surface area (Å²) in [5.41, 5.74) is 2.78. The maximum absolute atomic E-state index is 13.7. The lowest BCUT2D eigenvalue weighted by atomic mass is 10.1. The van der Waals surface area contributed by atoms with E-state index in [0.29, 0.717) is 17.9 Å². The Morgan fingerprint density at radius 2 is 1.93 bits per heavy atom. The zero-order chi connectivity index (χ0) is 18.6. The van der Waals surface area contributed by atoms with Gasteiger partial charge in [-0.15, -0.1) is 5.10 Å². The molecular weight excluding hydrogens is 343 g/mol. The minimum atomic E-state index is -0.298. The van der Waals surface area contributed by atoms with Gasteiger partial charge in [0.2, 0.25) is 0 Å². The van der Waals surface area contributed by atoms with E-state index in [-0.39, 0.29) is 5.82 Å². The number of nitrogens with zero attached hydrogens (tertiary/aromatic N) is 6. The molecule has 0 saturated carbocycles. The van der Waals surface area contributed by atoms with E-state index in [9.17, 15) is 4.39 Å². The largest absolute Gasteiger partial charge is 0.253 e. The van der Waals surface area contributed by atoms with Gasteiger partial charge in [0.25, 0.3) is 0 Å². The predicted octanol–water partition coefficient (Wildman–Crippen LogP) is 3.61. The lowest BCUT2D eigenvalue weighted by Crippen LogP contribution is -2.06. The molecule has 0 fully saturated rings. The number of aryl methyl sites for hydroxylation is 3. The highest BCUT2D eigenvalue weighted by atomic mass is 19.1. The van der Waals surface area contributed by atoms with Crippen LogP contribution in [0.5, 0.6) is 0 Å². The van der Waals surface area contributed by atoms with Crippen LogP contribution in [0.2, 0.25) is 0 Å². The molecule has 0 spiro atoms. The first-order chi connectivity index (χ1) is 13.2. The number of hydrogen-bond donors (Lipinski definition) is 0. The molecule has 4 rings (SSSR count). The fourth-order valence-corrected chi connectivity index (χ4v) is 2.89. The summed E-state index contributed by atoms with van der Waals surface area (Å²) >= 11 is 0. The molecule has 2 aromatic carbocycles. The molecule has 0 aliphatic carbocycles. The second kappa shape index (κ2) is 7.49. The van der Waals surface area contributed by atoms with Crippen LogP contribution in [0.15, 0.2) is 61.2 Å².